The minimum Gasteiger partial charge on any atom is -0.493 e. The molecule has 5 rings (SSSR count). The second kappa shape index (κ2) is 9.43. The molecular weight excluding hydrogens is 512 g/mol. The predicted molar refractivity (Wildman–Crippen MR) is 126 cm³/mol. The Morgan fingerprint density at radius 2 is 1.78 bits per heavy atom. The molecule has 12 heteroatoms. The van der Waals surface area contributed by atoms with Crippen LogP contribution in [-0.4, -0.2) is 30.0 Å². The van der Waals surface area contributed by atoms with E-state index in [1.165, 1.54) is 42.9 Å². The first-order valence-electron chi connectivity index (χ1n) is 11.0. The number of ether oxygens (including phenoxy) is 1. The number of fused-ring (bicyclic) bond motifs is 1. The van der Waals surface area contributed by atoms with Gasteiger partial charge in [0.2, 0.25) is 0 Å². The van der Waals surface area contributed by atoms with Gasteiger partial charge in [-0.15, -0.1) is 0 Å². The maximum atomic E-state index is 13.5. The van der Waals surface area contributed by atoms with E-state index in [0.29, 0.717) is 23.3 Å². The van der Waals surface area contributed by atoms with E-state index in [0.717, 1.165) is 24.4 Å². The van der Waals surface area contributed by atoms with Crippen molar-refractivity contribution >= 4 is 15.8 Å². The Labute approximate surface area is 209 Å². The van der Waals surface area contributed by atoms with E-state index in [2.05, 4.69) is 19.7 Å². The molecule has 0 fully saturated rings. The Bertz CT molecular complexity index is 1550. The largest absolute Gasteiger partial charge is 0.493 e. The van der Waals surface area contributed by atoms with Crippen LogP contribution >= 0.6 is 0 Å². The second-order valence-corrected chi connectivity index (χ2v) is 9.93. The van der Waals surface area contributed by atoms with Gasteiger partial charge in [0, 0.05) is 29.3 Å². The first kappa shape index (κ1) is 24.6. The summed E-state index contributed by atoms with van der Waals surface area (Å²) in [7, 11) is -4.00. The Morgan fingerprint density at radius 1 is 0.973 bits per heavy atom. The fourth-order valence-electron chi connectivity index (χ4n) is 4.20. The number of rotatable bonds is 5. The maximum Gasteiger partial charge on any atom is 0.416 e. The lowest BCUT2D eigenvalue weighted by Crippen LogP contribution is -2.19. The van der Waals surface area contributed by atoms with Crippen LogP contribution in [0.5, 0.6) is 5.75 Å². The Morgan fingerprint density at radius 3 is 2.49 bits per heavy atom. The monoisotopic (exact) mass is 530 g/mol. The molecule has 0 saturated heterocycles. The predicted octanol–water partition coefficient (Wildman–Crippen LogP) is 5.41. The summed E-state index contributed by atoms with van der Waals surface area (Å²) in [6.07, 6.45) is -0.614. The standard InChI is InChI=1S/C25H18F4N4O3S/c26-16-2-6-22(31-13-16)21-11-15(25(27,28)29)1-4-18(21)19-8-10-36-23-12-17(3-5-20(19)23)37(34,35)33-24-7-9-30-14-32-24/h1-7,9,11-14,19H,8,10H2,(H,30,32,33)/t19-/m0/s1. The van der Waals surface area contributed by atoms with Gasteiger partial charge in [0.1, 0.15) is 23.7 Å². The van der Waals surface area contributed by atoms with Crippen molar-refractivity contribution in [1.29, 1.82) is 0 Å². The summed E-state index contributed by atoms with van der Waals surface area (Å²) in [4.78, 5) is 11.5. The summed E-state index contributed by atoms with van der Waals surface area (Å²) in [5.41, 5.74) is 0.669. The molecule has 1 atom stereocenters. The van der Waals surface area contributed by atoms with Gasteiger partial charge in [-0.05, 0) is 48.4 Å². The number of hydrogen-bond donors (Lipinski definition) is 1. The van der Waals surface area contributed by atoms with E-state index in [-0.39, 0.29) is 28.6 Å². The quantitative estimate of drug-likeness (QED) is 0.347. The summed E-state index contributed by atoms with van der Waals surface area (Å²) in [6.45, 7) is 0.206. The van der Waals surface area contributed by atoms with Gasteiger partial charge in [-0.25, -0.2) is 22.8 Å². The summed E-state index contributed by atoms with van der Waals surface area (Å²) >= 11 is 0. The summed E-state index contributed by atoms with van der Waals surface area (Å²) < 4.78 is 87.8. The third kappa shape index (κ3) is 5.10. The SMILES string of the molecule is O=S(=O)(Nc1ccncn1)c1ccc2c(c1)OCC[C@H]2c1ccc(C(F)(F)F)cc1-c1ccc(F)cn1. The highest BCUT2D eigenvalue weighted by atomic mass is 32.2. The minimum absolute atomic E-state index is 0.0710. The van der Waals surface area contributed by atoms with E-state index in [9.17, 15) is 26.0 Å². The average Bonchev–Trinajstić information content (AvgIpc) is 2.88. The molecule has 0 bridgehead atoms. The zero-order valence-electron chi connectivity index (χ0n) is 18.9. The Hall–Kier alpha value is -4.06. The molecule has 4 aromatic rings. The van der Waals surface area contributed by atoms with Crippen molar-refractivity contribution in [2.75, 3.05) is 11.3 Å². The lowest BCUT2D eigenvalue weighted by Gasteiger charge is -2.28. The molecule has 0 aliphatic carbocycles. The molecule has 0 unspecified atom stereocenters. The number of sulfonamides is 1. The zero-order chi connectivity index (χ0) is 26.2. The molecule has 2 aromatic carbocycles. The van der Waals surface area contributed by atoms with E-state index in [4.69, 9.17) is 4.74 Å². The van der Waals surface area contributed by atoms with Crippen LogP contribution in [0.4, 0.5) is 23.4 Å². The maximum absolute atomic E-state index is 13.5. The molecule has 0 amide bonds. The summed E-state index contributed by atoms with van der Waals surface area (Å²) in [5, 5.41) is 0. The topological polar surface area (TPSA) is 94.1 Å². The van der Waals surface area contributed by atoms with Gasteiger partial charge < -0.3 is 4.74 Å². The van der Waals surface area contributed by atoms with Crippen molar-refractivity contribution in [2.45, 2.75) is 23.4 Å². The Kier molecular flexibility index (Phi) is 6.28. The van der Waals surface area contributed by atoms with E-state index in [1.54, 1.807) is 6.07 Å². The van der Waals surface area contributed by atoms with Gasteiger partial charge >= 0.3 is 6.18 Å². The van der Waals surface area contributed by atoms with Crippen LogP contribution in [0.2, 0.25) is 0 Å². The van der Waals surface area contributed by atoms with Crippen molar-refractivity contribution in [3.63, 3.8) is 0 Å². The molecule has 0 radical (unpaired) electrons. The van der Waals surface area contributed by atoms with Crippen molar-refractivity contribution in [1.82, 2.24) is 15.0 Å². The van der Waals surface area contributed by atoms with Gasteiger partial charge in [-0.1, -0.05) is 12.1 Å². The molecule has 0 spiro atoms. The number of alkyl halides is 3. The third-order valence-electron chi connectivity index (χ3n) is 5.92. The number of pyridine rings is 1. The number of nitrogens with one attached hydrogen (secondary N) is 1. The number of hydrogen-bond acceptors (Lipinski definition) is 6. The van der Waals surface area contributed by atoms with Crippen LogP contribution in [0.3, 0.4) is 0 Å². The number of benzene rings is 2. The van der Waals surface area contributed by atoms with Crippen LogP contribution in [0.15, 0.2) is 78.2 Å². The fraction of sp³-hybridized carbons (Fsp3) is 0.160. The van der Waals surface area contributed by atoms with Crippen LogP contribution in [0.1, 0.15) is 29.0 Å². The molecule has 3 heterocycles. The molecule has 0 saturated carbocycles. The highest BCUT2D eigenvalue weighted by Crippen LogP contribution is 2.44. The Balaban J connectivity index is 1.56. The van der Waals surface area contributed by atoms with Crippen LogP contribution < -0.4 is 9.46 Å². The van der Waals surface area contributed by atoms with Gasteiger partial charge in [0.15, 0.2) is 0 Å². The molecule has 1 aliphatic rings. The second-order valence-electron chi connectivity index (χ2n) is 8.25. The van der Waals surface area contributed by atoms with Crippen molar-refractivity contribution in [2.24, 2.45) is 0 Å². The normalized spacial score (nSPS) is 15.5. The third-order valence-corrected chi connectivity index (χ3v) is 7.27. The number of aromatic nitrogens is 3. The van der Waals surface area contributed by atoms with Gasteiger partial charge in [0.25, 0.3) is 10.0 Å². The van der Waals surface area contributed by atoms with Gasteiger partial charge in [0.05, 0.1) is 29.0 Å². The first-order valence-corrected chi connectivity index (χ1v) is 12.5. The smallest absolute Gasteiger partial charge is 0.416 e. The highest BCUT2D eigenvalue weighted by molar-refractivity contribution is 7.92. The average molecular weight is 531 g/mol. The van der Waals surface area contributed by atoms with Crippen LogP contribution in [0, 0.1) is 5.82 Å². The summed E-state index contributed by atoms with van der Waals surface area (Å²) in [5.74, 6) is -0.648. The number of nitrogens with zero attached hydrogens (tertiary/aromatic N) is 3. The van der Waals surface area contributed by atoms with E-state index < -0.39 is 33.5 Å². The van der Waals surface area contributed by atoms with Crippen LogP contribution in [-0.2, 0) is 16.2 Å². The molecule has 37 heavy (non-hydrogen) atoms. The van der Waals surface area contributed by atoms with E-state index >= 15 is 0 Å². The lowest BCUT2D eigenvalue weighted by molar-refractivity contribution is -0.137. The fourth-order valence-corrected chi connectivity index (χ4v) is 5.22. The van der Waals surface area contributed by atoms with E-state index in [1.807, 2.05) is 0 Å². The van der Waals surface area contributed by atoms with Crippen molar-refractivity contribution < 1.29 is 30.7 Å². The minimum atomic E-state index is -4.58. The zero-order valence-corrected chi connectivity index (χ0v) is 19.7. The van der Waals surface area contributed by atoms with Crippen LogP contribution in [0.25, 0.3) is 11.3 Å². The molecule has 1 N–H and O–H groups in total. The molecular formula is C25H18F4N4O3S. The lowest BCUT2D eigenvalue weighted by atomic mass is 9.83. The summed E-state index contributed by atoms with van der Waals surface area (Å²) in [6, 6.07) is 11.6. The van der Waals surface area contributed by atoms with Crippen molar-refractivity contribution in [3.05, 3.63) is 95.8 Å². The van der Waals surface area contributed by atoms with Gasteiger partial charge in [-0.2, -0.15) is 13.2 Å². The molecule has 190 valence electrons. The number of anilines is 1. The first-order chi connectivity index (χ1) is 17.6. The van der Waals surface area contributed by atoms with Gasteiger partial charge in [-0.3, -0.25) is 9.71 Å². The highest BCUT2D eigenvalue weighted by Gasteiger charge is 2.33. The van der Waals surface area contributed by atoms with Crippen molar-refractivity contribution in [3.8, 4) is 17.0 Å². The molecule has 7 nitrogen and oxygen atoms in total. The molecule has 1 aliphatic heterocycles. The molecule has 2 aromatic heterocycles. The number of halogens is 4.